The summed E-state index contributed by atoms with van der Waals surface area (Å²) in [6, 6.07) is 6.88. The van der Waals surface area contributed by atoms with Gasteiger partial charge in [0.2, 0.25) is 0 Å². The smallest absolute Gasteiger partial charge is 0.0348 e. The van der Waals surface area contributed by atoms with Crippen molar-refractivity contribution >= 4 is 11.3 Å². The molecule has 0 aliphatic heterocycles. The minimum Gasteiger partial charge on any atom is -0.316 e. The van der Waals surface area contributed by atoms with Crippen molar-refractivity contribution in [1.82, 2.24) is 5.32 Å². The highest BCUT2D eigenvalue weighted by atomic mass is 32.1. The van der Waals surface area contributed by atoms with Crippen LogP contribution in [-0.2, 0) is 6.54 Å². The molecule has 1 aromatic heterocycles. The number of benzene rings is 1. The average molecular weight is 245 g/mol. The summed E-state index contributed by atoms with van der Waals surface area (Å²) in [4.78, 5) is 1.37. The predicted octanol–water partition coefficient (Wildman–Crippen LogP) is 4.06. The Bertz CT molecular complexity index is 526. The molecule has 1 N–H and O–H groups in total. The van der Waals surface area contributed by atoms with Gasteiger partial charge in [-0.2, -0.15) is 0 Å². The minimum atomic E-state index is 0.945. The van der Waals surface area contributed by atoms with E-state index in [0.29, 0.717) is 0 Å². The molecular weight excluding hydrogens is 226 g/mol. The number of hydrogen-bond donors (Lipinski definition) is 1. The molecule has 0 bridgehead atoms. The Kier molecular flexibility index (Phi) is 3.65. The fraction of sp³-hybridized carbons (Fsp3) is 0.333. The van der Waals surface area contributed by atoms with Crippen LogP contribution < -0.4 is 5.32 Å². The topological polar surface area (TPSA) is 12.0 Å². The zero-order valence-electron chi connectivity index (χ0n) is 10.9. The Morgan fingerprint density at radius 2 is 1.71 bits per heavy atom. The largest absolute Gasteiger partial charge is 0.316 e. The van der Waals surface area contributed by atoms with Crippen LogP contribution >= 0.6 is 11.3 Å². The quantitative estimate of drug-likeness (QED) is 0.860. The second kappa shape index (κ2) is 5.03. The highest BCUT2D eigenvalue weighted by Gasteiger charge is 2.07. The molecule has 1 heterocycles. The lowest BCUT2D eigenvalue weighted by Crippen LogP contribution is -2.03. The van der Waals surface area contributed by atoms with Gasteiger partial charge in [0.25, 0.3) is 0 Å². The molecule has 0 saturated carbocycles. The molecule has 0 atom stereocenters. The average Bonchev–Trinajstić information content (AvgIpc) is 2.72. The number of hydrogen-bond acceptors (Lipinski definition) is 2. The first-order valence-corrected chi connectivity index (χ1v) is 6.80. The van der Waals surface area contributed by atoms with E-state index >= 15 is 0 Å². The Balaban J connectivity index is 2.41. The number of rotatable bonds is 3. The van der Waals surface area contributed by atoms with Gasteiger partial charge in [0.05, 0.1) is 0 Å². The highest BCUT2D eigenvalue weighted by Crippen LogP contribution is 2.31. The summed E-state index contributed by atoms with van der Waals surface area (Å²) in [5, 5.41) is 5.43. The Morgan fingerprint density at radius 1 is 1.00 bits per heavy atom. The SMILES string of the molecule is CNCc1csc(-c2cc(C)c(C)cc2C)c1. The van der Waals surface area contributed by atoms with Gasteiger partial charge in [-0.15, -0.1) is 11.3 Å². The van der Waals surface area contributed by atoms with Crippen LogP contribution in [-0.4, -0.2) is 7.05 Å². The molecular formula is C15H19NS. The molecule has 0 amide bonds. The molecule has 0 aliphatic rings. The third-order valence-electron chi connectivity index (χ3n) is 3.14. The maximum atomic E-state index is 3.19. The first-order chi connectivity index (χ1) is 8.11. The van der Waals surface area contributed by atoms with Gasteiger partial charge >= 0.3 is 0 Å². The lowest BCUT2D eigenvalue weighted by Gasteiger charge is -2.08. The van der Waals surface area contributed by atoms with Crippen LogP contribution in [0.3, 0.4) is 0 Å². The van der Waals surface area contributed by atoms with Crippen molar-refractivity contribution in [3.63, 3.8) is 0 Å². The summed E-state index contributed by atoms with van der Waals surface area (Å²) >= 11 is 1.83. The Morgan fingerprint density at radius 3 is 2.41 bits per heavy atom. The van der Waals surface area contributed by atoms with Crippen molar-refractivity contribution < 1.29 is 0 Å². The number of aryl methyl sites for hydroxylation is 3. The van der Waals surface area contributed by atoms with Crippen LogP contribution in [0.15, 0.2) is 23.6 Å². The second-order valence-electron chi connectivity index (χ2n) is 4.60. The van der Waals surface area contributed by atoms with Crippen molar-refractivity contribution in [1.29, 1.82) is 0 Å². The maximum Gasteiger partial charge on any atom is 0.0348 e. The van der Waals surface area contributed by atoms with Gasteiger partial charge in [0, 0.05) is 11.4 Å². The zero-order valence-corrected chi connectivity index (χ0v) is 11.7. The van der Waals surface area contributed by atoms with Gasteiger partial charge in [-0.05, 0) is 67.1 Å². The van der Waals surface area contributed by atoms with Gasteiger partial charge in [-0.25, -0.2) is 0 Å². The Hall–Kier alpha value is -1.12. The third-order valence-corrected chi connectivity index (χ3v) is 4.15. The molecule has 0 spiro atoms. The lowest BCUT2D eigenvalue weighted by atomic mass is 9.99. The second-order valence-corrected chi connectivity index (χ2v) is 5.51. The molecule has 0 unspecified atom stereocenters. The summed E-state index contributed by atoms with van der Waals surface area (Å²) in [6.45, 7) is 7.49. The van der Waals surface area contributed by atoms with Crippen molar-refractivity contribution in [2.24, 2.45) is 0 Å². The van der Waals surface area contributed by atoms with E-state index in [-0.39, 0.29) is 0 Å². The van der Waals surface area contributed by atoms with E-state index in [1.54, 1.807) is 0 Å². The van der Waals surface area contributed by atoms with E-state index in [1.807, 2.05) is 18.4 Å². The predicted molar refractivity (Wildman–Crippen MR) is 76.7 cm³/mol. The normalized spacial score (nSPS) is 10.8. The summed E-state index contributed by atoms with van der Waals surface area (Å²) < 4.78 is 0. The zero-order chi connectivity index (χ0) is 12.4. The van der Waals surface area contributed by atoms with Crippen LogP contribution in [0.4, 0.5) is 0 Å². The molecule has 90 valence electrons. The summed E-state index contributed by atoms with van der Waals surface area (Å²) in [6.07, 6.45) is 0. The van der Waals surface area contributed by atoms with Crippen molar-refractivity contribution in [3.05, 3.63) is 45.8 Å². The van der Waals surface area contributed by atoms with Crippen molar-refractivity contribution in [3.8, 4) is 10.4 Å². The summed E-state index contributed by atoms with van der Waals surface area (Å²) in [5.74, 6) is 0. The molecule has 0 saturated heterocycles. The minimum absolute atomic E-state index is 0.945. The van der Waals surface area contributed by atoms with Crippen LogP contribution in [0.5, 0.6) is 0 Å². The van der Waals surface area contributed by atoms with Gasteiger partial charge in [0.1, 0.15) is 0 Å². The lowest BCUT2D eigenvalue weighted by molar-refractivity contribution is 0.821. The Labute approximate surface area is 108 Å². The van der Waals surface area contributed by atoms with E-state index in [2.05, 4.69) is 49.7 Å². The molecule has 2 rings (SSSR count). The third kappa shape index (κ3) is 2.59. The van der Waals surface area contributed by atoms with Crippen LogP contribution in [0, 0.1) is 20.8 Å². The maximum absolute atomic E-state index is 3.19. The highest BCUT2D eigenvalue weighted by molar-refractivity contribution is 7.13. The van der Waals surface area contributed by atoms with Gasteiger partial charge in [-0.1, -0.05) is 12.1 Å². The standard InChI is InChI=1S/C15H19NS/c1-10-5-12(3)14(6-11(10)2)15-7-13(8-16-4)9-17-15/h5-7,9,16H,8H2,1-4H3. The molecule has 2 heteroatoms. The van der Waals surface area contributed by atoms with E-state index in [4.69, 9.17) is 0 Å². The van der Waals surface area contributed by atoms with Crippen molar-refractivity contribution in [2.45, 2.75) is 27.3 Å². The molecule has 2 aromatic rings. The summed E-state index contributed by atoms with van der Waals surface area (Å²) in [5.41, 5.74) is 6.85. The van der Waals surface area contributed by atoms with E-state index in [9.17, 15) is 0 Å². The molecule has 0 aliphatic carbocycles. The monoisotopic (exact) mass is 245 g/mol. The fourth-order valence-corrected chi connectivity index (χ4v) is 3.04. The first kappa shape index (κ1) is 12.3. The van der Waals surface area contributed by atoms with Gasteiger partial charge < -0.3 is 5.32 Å². The van der Waals surface area contributed by atoms with Gasteiger partial charge in [0.15, 0.2) is 0 Å². The van der Waals surface area contributed by atoms with E-state index in [0.717, 1.165) is 6.54 Å². The molecule has 17 heavy (non-hydrogen) atoms. The number of thiophene rings is 1. The van der Waals surface area contributed by atoms with Crippen LogP contribution in [0.25, 0.3) is 10.4 Å². The van der Waals surface area contributed by atoms with E-state index in [1.165, 1.54) is 32.7 Å². The molecule has 0 radical (unpaired) electrons. The fourth-order valence-electron chi connectivity index (χ4n) is 2.04. The molecule has 1 nitrogen and oxygen atoms in total. The van der Waals surface area contributed by atoms with Gasteiger partial charge in [-0.3, -0.25) is 0 Å². The van der Waals surface area contributed by atoms with Crippen molar-refractivity contribution in [2.75, 3.05) is 7.05 Å². The first-order valence-electron chi connectivity index (χ1n) is 5.92. The number of nitrogens with one attached hydrogen (secondary N) is 1. The molecule has 1 aromatic carbocycles. The van der Waals surface area contributed by atoms with Crippen LogP contribution in [0.1, 0.15) is 22.3 Å². The summed E-state index contributed by atoms with van der Waals surface area (Å²) in [7, 11) is 1.98. The molecule has 0 fully saturated rings. The van der Waals surface area contributed by atoms with E-state index < -0.39 is 0 Å². The van der Waals surface area contributed by atoms with Crippen LogP contribution in [0.2, 0.25) is 0 Å².